The van der Waals surface area contributed by atoms with Crippen LogP contribution in [0.2, 0.25) is 5.02 Å². The van der Waals surface area contributed by atoms with Gasteiger partial charge in [0.15, 0.2) is 0 Å². The molecule has 4 nitrogen and oxygen atoms in total. The van der Waals surface area contributed by atoms with Crippen molar-refractivity contribution < 1.29 is 19.0 Å². The molecule has 1 heterocycles. The minimum absolute atomic E-state index is 0.0126. The second-order valence-electron chi connectivity index (χ2n) is 6.95. The number of rotatable bonds is 2. The average molecular weight is 344 g/mol. The van der Waals surface area contributed by atoms with Gasteiger partial charge in [0, 0.05) is 19.0 Å². The third kappa shape index (κ3) is 4.82. The largest absolute Gasteiger partial charge is 0.444 e. The summed E-state index contributed by atoms with van der Waals surface area (Å²) in [6.45, 7) is 6.48. The van der Waals surface area contributed by atoms with Crippen molar-refractivity contribution in [3.63, 3.8) is 0 Å². The molecule has 0 radical (unpaired) electrons. The number of likely N-dealkylation sites (tertiary alicyclic amines) is 1. The number of benzene rings is 1. The van der Waals surface area contributed by atoms with E-state index < -0.39 is 17.5 Å². The first-order valence-corrected chi connectivity index (χ1v) is 8.16. The van der Waals surface area contributed by atoms with Crippen LogP contribution in [0, 0.1) is 11.7 Å². The Morgan fingerprint density at radius 1 is 1.48 bits per heavy atom. The van der Waals surface area contributed by atoms with E-state index in [0.717, 1.165) is 12.8 Å². The van der Waals surface area contributed by atoms with E-state index in [0.29, 0.717) is 18.7 Å². The van der Waals surface area contributed by atoms with Crippen LogP contribution >= 0.6 is 11.6 Å². The van der Waals surface area contributed by atoms with Crippen LogP contribution in [0.15, 0.2) is 18.2 Å². The summed E-state index contributed by atoms with van der Waals surface area (Å²) >= 11 is 5.78. The maximum Gasteiger partial charge on any atom is 0.410 e. The summed E-state index contributed by atoms with van der Waals surface area (Å²) in [7, 11) is 0. The Morgan fingerprint density at radius 2 is 2.17 bits per heavy atom. The number of aliphatic hydroxyl groups is 1. The summed E-state index contributed by atoms with van der Waals surface area (Å²) in [4.78, 5) is 13.8. The van der Waals surface area contributed by atoms with Gasteiger partial charge in [-0.2, -0.15) is 0 Å². The second-order valence-corrected chi connectivity index (χ2v) is 7.35. The summed E-state index contributed by atoms with van der Waals surface area (Å²) in [6, 6.07) is 4.21. The maximum absolute atomic E-state index is 13.2. The molecule has 1 amide bonds. The number of aliphatic hydroxyl groups excluding tert-OH is 1. The molecule has 1 aliphatic heterocycles. The maximum atomic E-state index is 13.2. The van der Waals surface area contributed by atoms with Gasteiger partial charge in [-0.15, -0.1) is 0 Å². The van der Waals surface area contributed by atoms with Gasteiger partial charge < -0.3 is 14.7 Å². The molecule has 0 spiro atoms. The van der Waals surface area contributed by atoms with Crippen LogP contribution < -0.4 is 0 Å². The molecule has 128 valence electrons. The van der Waals surface area contributed by atoms with E-state index >= 15 is 0 Å². The molecular weight excluding hydrogens is 321 g/mol. The van der Waals surface area contributed by atoms with Gasteiger partial charge in [-0.3, -0.25) is 0 Å². The van der Waals surface area contributed by atoms with Crippen molar-refractivity contribution >= 4 is 17.7 Å². The van der Waals surface area contributed by atoms with Gasteiger partial charge in [-0.1, -0.05) is 17.7 Å². The summed E-state index contributed by atoms with van der Waals surface area (Å²) in [5, 5.41) is 10.5. The fourth-order valence-corrected chi connectivity index (χ4v) is 2.92. The Morgan fingerprint density at radius 3 is 2.78 bits per heavy atom. The van der Waals surface area contributed by atoms with Crippen LogP contribution in [-0.2, 0) is 4.74 Å². The van der Waals surface area contributed by atoms with Crippen molar-refractivity contribution in [2.45, 2.75) is 45.3 Å². The van der Waals surface area contributed by atoms with E-state index in [2.05, 4.69) is 0 Å². The molecule has 23 heavy (non-hydrogen) atoms. The van der Waals surface area contributed by atoms with E-state index in [1.165, 1.54) is 18.2 Å². The lowest BCUT2D eigenvalue weighted by molar-refractivity contribution is 0.00238. The molecule has 1 aromatic carbocycles. The third-order valence-corrected chi connectivity index (χ3v) is 4.13. The zero-order valence-corrected chi connectivity index (χ0v) is 14.4. The molecule has 1 fully saturated rings. The molecule has 0 aromatic heterocycles. The molecule has 1 saturated heterocycles. The van der Waals surface area contributed by atoms with Gasteiger partial charge in [-0.25, -0.2) is 9.18 Å². The van der Waals surface area contributed by atoms with E-state index in [4.69, 9.17) is 16.3 Å². The standard InChI is InChI=1S/C17H23ClFNO3/c1-17(2,3)23-16(22)20-8-4-5-12(10-20)15(21)11-6-7-14(19)13(18)9-11/h6-7,9,12,15,21H,4-5,8,10H2,1-3H3/t12-,15+/m1/s1. The molecule has 2 rings (SSSR count). The van der Waals surface area contributed by atoms with Crippen LogP contribution in [-0.4, -0.2) is 34.8 Å². The molecule has 2 atom stereocenters. The first-order chi connectivity index (χ1) is 10.7. The molecule has 0 aliphatic carbocycles. The predicted molar refractivity (Wildman–Crippen MR) is 86.9 cm³/mol. The van der Waals surface area contributed by atoms with Crippen molar-refractivity contribution in [1.82, 2.24) is 4.90 Å². The minimum Gasteiger partial charge on any atom is -0.444 e. The highest BCUT2D eigenvalue weighted by Gasteiger charge is 2.31. The van der Waals surface area contributed by atoms with Gasteiger partial charge in [0.25, 0.3) is 0 Å². The summed E-state index contributed by atoms with van der Waals surface area (Å²) in [6.07, 6.45) is 0.413. The number of amides is 1. The lowest BCUT2D eigenvalue weighted by atomic mass is 9.88. The van der Waals surface area contributed by atoms with E-state index in [1.54, 1.807) is 4.90 Å². The average Bonchev–Trinajstić information content (AvgIpc) is 2.48. The number of ether oxygens (including phenoxy) is 1. The number of halogens is 2. The molecule has 1 N–H and O–H groups in total. The van der Waals surface area contributed by atoms with Crippen molar-refractivity contribution in [1.29, 1.82) is 0 Å². The van der Waals surface area contributed by atoms with Crippen molar-refractivity contribution in [2.24, 2.45) is 5.92 Å². The Bertz CT molecular complexity index is 573. The lowest BCUT2D eigenvalue weighted by Gasteiger charge is -2.36. The normalized spacial score (nSPS) is 20.3. The van der Waals surface area contributed by atoms with Crippen LogP contribution in [0.5, 0.6) is 0 Å². The van der Waals surface area contributed by atoms with Crippen LogP contribution in [0.4, 0.5) is 9.18 Å². The number of carbonyl (C=O) groups is 1. The fourth-order valence-electron chi connectivity index (χ4n) is 2.73. The second kappa shape index (κ2) is 7.05. The van der Waals surface area contributed by atoms with Gasteiger partial charge in [-0.05, 0) is 51.3 Å². The minimum atomic E-state index is -0.793. The fraction of sp³-hybridized carbons (Fsp3) is 0.588. The zero-order valence-electron chi connectivity index (χ0n) is 13.7. The Kier molecular flexibility index (Phi) is 5.53. The van der Waals surface area contributed by atoms with Crippen LogP contribution in [0.25, 0.3) is 0 Å². The first-order valence-electron chi connectivity index (χ1n) is 7.78. The van der Waals surface area contributed by atoms with Gasteiger partial charge in [0.2, 0.25) is 0 Å². The highest BCUT2D eigenvalue weighted by Crippen LogP contribution is 2.32. The summed E-state index contributed by atoms with van der Waals surface area (Å²) in [5.74, 6) is -0.639. The summed E-state index contributed by atoms with van der Waals surface area (Å²) in [5.41, 5.74) is 0.0140. The number of piperidine rings is 1. The number of hydrogen-bond acceptors (Lipinski definition) is 3. The smallest absolute Gasteiger partial charge is 0.410 e. The molecule has 0 saturated carbocycles. The molecule has 6 heteroatoms. The van der Waals surface area contributed by atoms with Crippen LogP contribution in [0.3, 0.4) is 0 Å². The highest BCUT2D eigenvalue weighted by atomic mass is 35.5. The Hall–Kier alpha value is -1.33. The van der Waals surface area contributed by atoms with Crippen molar-refractivity contribution in [2.75, 3.05) is 13.1 Å². The number of hydrogen-bond donors (Lipinski definition) is 1. The lowest BCUT2D eigenvalue weighted by Crippen LogP contribution is -2.44. The van der Waals surface area contributed by atoms with E-state index in [9.17, 15) is 14.3 Å². The zero-order chi connectivity index (χ0) is 17.2. The third-order valence-electron chi connectivity index (χ3n) is 3.84. The highest BCUT2D eigenvalue weighted by molar-refractivity contribution is 6.30. The molecular formula is C17H23ClFNO3. The van der Waals surface area contributed by atoms with E-state index in [-0.39, 0.29) is 17.0 Å². The van der Waals surface area contributed by atoms with Gasteiger partial charge in [0.05, 0.1) is 11.1 Å². The molecule has 1 aliphatic rings. The molecule has 0 bridgehead atoms. The Balaban J connectivity index is 2.05. The van der Waals surface area contributed by atoms with Crippen LogP contribution in [0.1, 0.15) is 45.3 Å². The number of carbonyl (C=O) groups excluding carboxylic acids is 1. The van der Waals surface area contributed by atoms with Gasteiger partial charge in [0.1, 0.15) is 11.4 Å². The monoisotopic (exact) mass is 343 g/mol. The predicted octanol–water partition coefficient (Wildman–Crippen LogP) is 4.16. The first kappa shape index (κ1) is 18.0. The van der Waals surface area contributed by atoms with Gasteiger partial charge >= 0.3 is 6.09 Å². The summed E-state index contributed by atoms with van der Waals surface area (Å²) < 4.78 is 18.6. The quantitative estimate of drug-likeness (QED) is 0.877. The number of nitrogens with zero attached hydrogens (tertiary/aromatic N) is 1. The van der Waals surface area contributed by atoms with E-state index in [1.807, 2.05) is 20.8 Å². The van der Waals surface area contributed by atoms with Crippen molar-refractivity contribution in [3.8, 4) is 0 Å². The molecule has 1 aromatic rings. The molecule has 0 unspecified atom stereocenters. The topological polar surface area (TPSA) is 49.8 Å². The Labute approximate surface area is 141 Å². The van der Waals surface area contributed by atoms with Crippen molar-refractivity contribution in [3.05, 3.63) is 34.6 Å². The SMILES string of the molecule is CC(C)(C)OC(=O)N1CCC[C@@H]([C@@H](O)c2ccc(F)c(Cl)c2)C1.